The summed E-state index contributed by atoms with van der Waals surface area (Å²) >= 11 is 0. The lowest BCUT2D eigenvalue weighted by Crippen LogP contribution is -2.39. The number of anilines is 1. The van der Waals surface area contributed by atoms with Crippen molar-refractivity contribution in [1.82, 2.24) is 10.2 Å². The van der Waals surface area contributed by atoms with Gasteiger partial charge in [-0.3, -0.25) is 19.2 Å². The Hall–Kier alpha value is -2.90. The molecule has 1 N–H and O–H groups in total. The van der Waals surface area contributed by atoms with Crippen molar-refractivity contribution in [2.75, 3.05) is 38.7 Å². The Morgan fingerprint density at radius 1 is 1.30 bits per heavy atom. The lowest BCUT2D eigenvalue weighted by atomic mass is 10.1. The van der Waals surface area contributed by atoms with Gasteiger partial charge in [0.1, 0.15) is 0 Å². The van der Waals surface area contributed by atoms with Gasteiger partial charge in [0.25, 0.3) is 5.91 Å². The maximum atomic E-state index is 12.4. The smallest absolute Gasteiger partial charge is 0.311 e. The van der Waals surface area contributed by atoms with Crippen molar-refractivity contribution in [3.63, 3.8) is 0 Å². The van der Waals surface area contributed by atoms with E-state index in [9.17, 15) is 19.2 Å². The van der Waals surface area contributed by atoms with Crippen LogP contribution in [0.3, 0.4) is 0 Å². The molecule has 8 heteroatoms. The van der Waals surface area contributed by atoms with Crippen LogP contribution in [0.5, 0.6) is 0 Å². The van der Waals surface area contributed by atoms with Crippen LogP contribution >= 0.6 is 0 Å². The summed E-state index contributed by atoms with van der Waals surface area (Å²) in [6, 6.07) is 5.69. The predicted octanol–water partition coefficient (Wildman–Crippen LogP) is 0.404. The van der Waals surface area contributed by atoms with E-state index in [0.717, 1.165) is 16.8 Å². The van der Waals surface area contributed by atoms with Gasteiger partial charge in [0.2, 0.25) is 11.8 Å². The molecule has 1 saturated heterocycles. The molecule has 0 aromatic heterocycles. The molecule has 27 heavy (non-hydrogen) atoms. The topological polar surface area (TPSA) is 96.0 Å². The van der Waals surface area contributed by atoms with Gasteiger partial charge in [0.15, 0.2) is 6.61 Å². The number of ether oxygens (including phenoxy) is 1. The molecule has 1 heterocycles. The SMILES string of the molecule is CNC(=O)CN(C)C(=O)COC(=O)[C@@H]1CC(=O)N(c2cccc(C)c2C)C1. The van der Waals surface area contributed by atoms with Gasteiger partial charge in [-0.05, 0) is 31.0 Å². The maximum Gasteiger partial charge on any atom is 0.311 e. The molecule has 2 rings (SSSR count). The minimum absolute atomic E-state index is 0.0501. The highest BCUT2D eigenvalue weighted by molar-refractivity contribution is 6.00. The quantitative estimate of drug-likeness (QED) is 0.727. The first kappa shape index (κ1) is 20.4. The number of nitrogens with zero attached hydrogens (tertiary/aromatic N) is 2. The van der Waals surface area contributed by atoms with Crippen LogP contribution in [0.4, 0.5) is 5.69 Å². The first-order valence-corrected chi connectivity index (χ1v) is 8.72. The highest BCUT2D eigenvalue weighted by Crippen LogP contribution is 2.29. The molecule has 0 unspecified atom stereocenters. The Labute approximate surface area is 158 Å². The normalized spacial score (nSPS) is 16.2. The Balaban J connectivity index is 1.93. The number of benzene rings is 1. The summed E-state index contributed by atoms with van der Waals surface area (Å²) in [6.07, 6.45) is 0.0501. The van der Waals surface area contributed by atoms with Crippen LogP contribution in [0, 0.1) is 19.8 Å². The van der Waals surface area contributed by atoms with Gasteiger partial charge in [-0.15, -0.1) is 0 Å². The van der Waals surface area contributed by atoms with Crippen LogP contribution < -0.4 is 10.2 Å². The van der Waals surface area contributed by atoms with E-state index in [4.69, 9.17) is 4.74 Å². The van der Waals surface area contributed by atoms with E-state index < -0.39 is 24.4 Å². The minimum Gasteiger partial charge on any atom is -0.455 e. The molecule has 1 aliphatic rings. The second kappa shape index (κ2) is 8.66. The molecule has 1 fully saturated rings. The Bertz CT molecular complexity index is 762. The van der Waals surface area contributed by atoms with Crippen LogP contribution in [0.1, 0.15) is 17.5 Å². The summed E-state index contributed by atoms with van der Waals surface area (Å²) in [5.74, 6) is -2.15. The number of hydrogen-bond acceptors (Lipinski definition) is 5. The lowest BCUT2D eigenvalue weighted by molar-refractivity contribution is -0.155. The fraction of sp³-hybridized carbons (Fsp3) is 0.474. The van der Waals surface area contributed by atoms with E-state index >= 15 is 0 Å². The summed E-state index contributed by atoms with van der Waals surface area (Å²) in [4.78, 5) is 50.6. The Morgan fingerprint density at radius 2 is 2.00 bits per heavy atom. The van der Waals surface area contributed by atoms with Crippen LogP contribution in [0.25, 0.3) is 0 Å². The number of esters is 1. The molecule has 0 aliphatic carbocycles. The summed E-state index contributed by atoms with van der Waals surface area (Å²) in [5, 5.41) is 2.41. The second-order valence-corrected chi connectivity index (χ2v) is 6.66. The number of carbonyl (C=O) groups excluding carboxylic acids is 4. The van der Waals surface area contributed by atoms with E-state index in [1.165, 1.54) is 19.0 Å². The molecular formula is C19H25N3O5. The molecule has 0 bridgehead atoms. The third kappa shape index (κ3) is 4.84. The standard InChI is InChI=1S/C19H25N3O5/c1-12-6-5-7-15(13(12)2)22-9-14(8-17(22)24)19(26)27-11-18(25)21(4)10-16(23)20-3/h5-7,14H,8-11H2,1-4H3,(H,20,23)/t14-/m1/s1. The number of likely N-dealkylation sites (N-methyl/N-ethyl adjacent to an activating group) is 2. The molecular weight excluding hydrogens is 350 g/mol. The van der Waals surface area contributed by atoms with Gasteiger partial charge in [0.05, 0.1) is 12.5 Å². The summed E-state index contributed by atoms with van der Waals surface area (Å²) < 4.78 is 5.07. The van der Waals surface area contributed by atoms with E-state index in [1.807, 2.05) is 32.0 Å². The summed E-state index contributed by atoms with van der Waals surface area (Å²) in [7, 11) is 2.92. The number of carbonyl (C=O) groups is 4. The van der Waals surface area contributed by atoms with E-state index in [-0.39, 0.29) is 31.3 Å². The molecule has 1 aromatic rings. The number of aryl methyl sites for hydroxylation is 1. The lowest BCUT2D eigenvalue weighted by Gasteiger charge is -2.20. The van der Waals surface area contributed by atoms with E-state index in [1.54, 1.807) is 4.90 Å². The molecule has 8 nitrogen and oxygen atoms in total. The fourth-order valence-corrected chi connectivity index (χ4v) is 2.87. The number of nitrogens with one attached hydrogen (secondary N) is 1. The van der Waals surface area contributed by atoms with Crippen LogP contribution in [-0.2, 0) is 23.9 Å². The maximum absolute atomic E-state index is 12.4. The van der Waals surface area contributed by atoms with Crippen molar-refractivity contribution in [3.05, 3.63) is 29.3 Å². The highest BCUT2D eigenvalue weighted by Gasteiger charge is 2.37. The zero-order valence-electron chi connectivity index (χ0n) is 16.1. The molecule has 3 amide bonds. The largest absolute Gasteiger partial charge is 0.455 e. The van der Waals surface area contributed by atoms with Gasteiger partial charge >= 0.3 is 5.97 Å². The minimum atomic E-state index is -0.616. The summed E-state index contributed by atoms with van der Waals surface area (Å²) in [5.41, 5.74) is 2.85. The van der Waals surface area contributed by atoms with Crippen molar-refractivity contribution in [2.24, 2.45) is 5.92 Å². The number of hydrogen-bond donors (Lipinski definition) is 1. The zero-order chi connectivity index (χ0) is 20.1. The summed E-state index contributed by atoms with van der Waals surface area (Å²) in [6.45, 7) is 3.55. The first-order valence-electron chi connectivity index (χ1n) is 8.72. The third-order valence-electron chi connectivity index (χ3n) is 4.75. The molecule has 0 radical (unpaired) electrons. The van der Waals surface area contributed by atoms with Crippen molar-refractivity contribution in [3.8, 4) is 0 Å². The van der Waals surface area contributed by atoms with Crippen molar-refractivity contribution in [1.29, 1.82) is 0 Å². The average molecular weight is 375 g/mol. The van der Waals surface area contributed by atoms with Gasteiger partial charge in [0, 0.05) is 32.7 Å². The van der Waals surface area contributed by atoms with Gasteiger partial charge in [-0.2, -0.15) is 0 Å². The zero-order valence-corrected chi connectivity index (χ0v) is 16.1. The number of rotatable bonds is 6. The second-order valence-electron chi connectivity index (χ2n) is 6.66. The third-order valence-corrected chi connectivity index (χ3v) is 4.75. The molecule has 1 aromatic carbocycles. The first-order chi connectivity index (χ1) is 12.7. The molecule has 1 atom stereocenters. The van der Waals surface area contributed by atoms with Gasteiger partial charge in [-0.1, -0.05) is 12.1 Å². The van der Waals surface area contributed by atoms with Crippen molar-refractivity contribution in [2.45, 2.75) is 20.3 Å². The van der Waals surface area contributed by atoms with Crippen molar-refractivity contribution >= 4 is 29.4 Å². The Morgan fingerprint density at radius 3 is 2.67 bits per heavy atom. The molecule has 0 saturated carbocycles. The highest BCUT2D eigenvalue weighted by atomic mass is 16.5. The molecule has 0 spiro atoms. The predicted molar refractivity (Wildman–Crippen MR) is 99.0 cm³/mol. The molecule has 1 aliphatic heterocycles. The van der Waals surface area contributed by atoms with E-state index in [2.05, 4.69) is 5.32 Å². The average Bonchev–Trinajstić information content (AvgIpc) is 3.03. The number of amides is 3. The molecule has 146 valence electrons. The van der Waals surface area contributed by atoms with Gasteiger partial charge in [-0.25, -0.2) is 0 Å². The van der Waals surface area contributed by atoms with E-state index in [0.29, 0.717) is 0 Å². The van der Waals surface area contributed by atoms with Crippen molar-refractivity contribution < 1.29 is 23.9 Å². The van der Waals surface area contributed by atoms with Crippen LogP contribution in [0.2, 0.25) is 0 Å². The Kier molecular flexibility index (Phi) is 6.55. The van der Waals surface area contributed by atoms with Gasteiger partial charge < -0.3 is 19.9 Å². The van der Waals surface area contributed by atoms with Crippen LogP contribution in [-0.4, -0.2) is 62.4 Å². The monoisotopic (exact) mass is 375 g/mol. The fourth-order valence-electron chi connectivity index (χ4n) is 2.87. The van der Waals surface area contributed by atoms with Crippen LogP contribution in [0.15, 0.2) is 18.2 Å².